The summed E-state index contributed by atoms with van der Waals surface area (Å²) < 4.78 is 5.14. The lowest BCUT2D eigenvalue weighted by Gasteiger charge is -2.22. The van der Waals surface area contributed by atoms with Crippen molar-refractivity contribution in [2.45, 2.75) is 48.5 Å². The van der Waals surface area contributed by atoms with E-state index >= 15 is 0 Å². The lowest BCUT2D eigenvalue weighted by molar-refractivity contribution is -0.897. The van der Waals surface area contributed by atoms with Gasteiger partial charge in [0.15, 0.2) is 6.54 Å². The van der Waals surface area contributed by atoms with Crippen LogP contribution in [-0.2, 0) is 9.53 Å². The van der Waals surface area contributed by atoms with Crippen LogP contribution in [0.5, 0.6) is 0 Å². The van der Waals surface area contributed by atoms with Crippen molar-refractivity contribution < 1.29 is 19.2 Å². The number of amides is 1. The Kier molecular flexibility index (Phi) is 8.59. The first-order chi connectivity index (χ1) is 11.6. The second kappa shape index (κ2) is 9.92. The van der Waals surface area contributed by atoms with Crippen LogP contribution in [0.2, 0.25) is 0 Å². The van der Waals surface area contributed by atoms with Crippen molar-refractivity contribution in [2.75, 3.05) is 31.6 Å². The number of carbonyl (C=O) groups is 2. The molecule has 0 atom stereocenters. The van der Waals surface area contributed by atoms with E-state index in [2.05, 4.69) is 33.0 Å². The summed E-state index contributed by atoms with van der Waals surface area (Å²) >= 11 is 1.44. The van der Waals surface area contributed by atoms with E-state index in [1.165, 1.54) is 16.2 Å². The van der Waals surface area contributed by atoms with Gasteiger partial charge in [-0.25, -0.2) is 4.79 Å². The highest BCUT2D eigenvalue weighted by Gasteiger charge is 2.24. The Morgan fingerprint density at radius 1 is 1.12 bits per heavy atom. The van der Waals surface area contributed by atoms with Gasteiger partial charge in [-0.15, -0.1) is 11.3 Å². The summed E-state index contributed by atoms with van der Waals surface area (Å²) in [5.74, 6) is 0.641. The zero-order valence-electron chi connectivity index (χ0n) is 16.6. The number of hydrogen-bond acceptors (Lipinski definition) is 4. The molecule has 142 valence electrons. The molecule has 0 fully saturated rings. The van der Waals surface area contributed by atoms with E-state index in [9.17, 15) is 9.59 Å². The number of aryl methyl sites for hydroxylation is 1. The summed E-state index contributed by atoms with van der Waals surface area (Å²) in [6.45, 7) is 17.0. The second-order valence-electron chi connectivity index (χ2n) is 7.38. The Morgan fingerprint density at radius 2 is 1.68 bits per heavy atom. The van der Waals surface area contributed by atoms with Crippen molar-refractivity contribution >= 4 is 28.2 Å². The zero-order valence-corrected chi connectivity index (χ0v) is 17.4. The Labute approximate surface area is 155 Å². The zero-order chi connectivity index (χ0) is 19.1. The van der Waals surface area contributed by atoms with E-state index in [4.69, 9.17) is 4.74 Å². The Morgan fingerprint density at radius 3 is 2.16 bits per heavy atom. The minimum Gasteiger partial charge on any atom is -0.462 e. The molecule has 0 aliphatic carbocycles. The molecule has 0 unspecified atom stereocenters. The van der Waals surface area contributed by atoms with Gasteiger partial charge in [0.25, 0.3) is 5.91 Å². The molecule has 0 spiro atoms. The van der Waals surface area contributed by atoms with Crippen LogP contribution in [0.25, 0.3) is 0 Å². The van der Waals surface area contributed by atoms with Gasteiger partial charge in [-0.05, 0) is 26.3 Å². The molecule has 0 aromatic carbocycles. The van der Waals surface area contributed by atoms with Crippen LogP contribution < -0.4 is 10.2 Å². The molecule has 0 bridgehead atoms. The molecule has 1 rings (SSSR count). The molecule has 1 amide bonds. The first-order valence-corrected chi connectivity index (χ1v) is 9.87. The lowest BCUT2D eigenvalue weighted by atomic mass is 10.1. The predicted molar refractivity (Wildman–Crippen MR) is 104 cm³/mol. The van der Waals surface area contributed by atoms with Gasteiger partial charge in [0.05, 0.1) is 25.3 Å². The molecule has 0 aliphatic heterocycles. The monoisotopic (exact) mass is 369 g/mol. The molecule has 25 heavy (non-hydrogen) atoms. The van der Waals surface area contributed by atoms with E-state index in [0.717, 1.165) is 23.5 Å². The van der Waals surface area contributed by atoms with Crippen molar-refractivity contribution in [1.82, 2.24) is 0 Å². The van der Waals surface area contributed by atoms with Gasteiger partial charge in [-0.2, -0.15) is 0 Å². The smallest absolute Gasteiger partial charge is 0.341 e. The topological polar surface area (TPSA) is 59.8 Å². The van der Waals surface area contributed by atoms with Crippen LogP contribution in [0.1, 0.15) is 55.4 Å². The van der Waals surface area contributed by atoms with Gasteiger partial charge < -0.3 is 15.0 Å². The van der Waals surface area contributed by atoms with Crippen LogP contribution in [0.4, 0.5) is 5.00 Å². The number of thiophene rings is 1. The Bertz CT molecular complexity index is 584. The number of nitrogens with one attached hydrogen (secondary N) is 2. The van der Waals surface area contributed by atoms with E-state index in [1.54, 1.807) is 6.92 Å². The van der Waals surface area contributed by atoms with Gasteiger partial charge in [-0.1, -0.05) is 27.7 Å². The van der Waals surface area contributed by atoms with E-state index in [-0.39, 0.29) is 11.9 Å². The van der Waals surface area contributed by atoms with Gasteiger partial charge in [0, 0.05) is 16.7 Å². The van der Waals surface area contributed by atoms with Crippen LogP contribution in [0.3, 0.4) is 0 Å². The number of quaternary nitrogens is 1. The van der Waals surface area contributed by atoms with Gasteiger partial charge in [0.1, 0.15) is 5.00 Å². The minimum absolute atomic E-state index is 0.0527. The summed E-state index contributed by atoms with van der Waals surface area (Å²) in [4.78, 5) is 27.1. The molecule has 6 heteroatoms. The molecule has 1 aromatic rings. The minimum atomic E-state index is -0.367. The SMILES string of the molecule is CCOC(=O)c1c(NC(=O)C[NH+](CC(C)C)CC(C)C)sc(C)c1C. The Balaban J connectivity index is 2.88. The highest BCUT2D eigenvalue weighted by atomic mass is 32.1. The quantitative estimate of drug-likeness (QED) is 0.658. The molecular formula is C19H33N2O3S+. The largest absolute Gasteiger partial charge is 0.462 e. The van der Waals surface area contributed by atoms with Gasteiger partial charge in [0.2, 0.25) is 0 Å². The molecule has 0 aliphatic rings. The number of ether oxygens (including phenoxy) is 1. The van der Waals surface area contributed by atoms with E-state index in [1.807, 2.05) is 13.8 Å². The summed E-state index contributed by atoms with van der Waals surface area (Å²) in [5, 5.41) is 3.55. The number of hydrogen-bond donors (Lipinski definition) is 2. The third kappa shape index (κ3) is 6.78. The number of anilines is 1. The maximum atomic E-state index is 12.6. The fourth-order valence-electron chi connectivity index (χ4n) is 2.94. The molecule has 2 N–H and O–H groups in total. The molecule has 5 nitrogen and oxygen atoms in total. The summed E-state index contributed by atoms with van der Waals surface area (Å²) in [6.07, 6.45) is 0. The highest BCUT2D eigenvalue weighted by molar-refractivity contribution is 7.16. The van der Waals surface area contributed by atoms with Crippen LogP contribution in [0, 0.1) is 25.7 Å². The van der Waals surface area contributed by atoms with Gasteiger partial charge >= 0.3 is 5.97 Å². The van der Waals surface area contributed by atoms with Crippen molar-refractivity contribution in [3.8, 4) is 0 Å². The maximum absolute atomic E-state index is 12.6. The molecule has 0 radical (unpaired) electrons. The molecule has 0 saturated carbocycles. The highest BCUT2D eigenvalue weighted by Crippen LogP contribution is 2.32. The third-order valence-corrected chi connectivity index (χ3v) is 5.04. The average Bonchev–Trinajstić information content (AvgIpc) is 2.72. The van der Waals surface area contributed by atoms with Crippen molar-refractivity contribution in [2.24, 2.45) is 11.8 Å². The van der Waals surface area contributed by atoms with Crippen molar-refractivity contribution in [3.05, 3.63) is 16.0 Å². The lowest BCUT2D eigenvalue weighted by Crippen LogP contribution is -3.14. The van der Waals surface area contributed by atoms with Crippen molar-refractivity contribution in [3.63, 3.8) is 0 Å². The fourth-order valence-corrected chi connectivity index (χ4v) is 4.01. The predicted octanol–water partition coefficient (Wildman–Crippen LogP) is 2.68. The summed E-state index contributed by atoms with van der Waals surface area (Å²) in [6, 6.07) is 0. The molecule has 1 aromatic heterocycles. The van der Waals surface area contributed by atoms with Crippen LogP contribution in [0.15, 0.2) is 0 Å². The molecule has 1 heterocycles. The number of esters is 1. The number of rotatable bonds is 9. The van der Waals surface area contributed by atoms with Crippen molar-refractivity contribution in [1.29, 1.82) is 0 Å². The molecular weight excluding hydrogens is 336 g/mol. The normalized spacial score (nSPS) is 11.4. The number of carbonyl (C=O) groups excluding carboxylic acids is 2. The van der Waals surface area contributed by atoms with E-state index in [0.29, 0.717) is 35.6 Å². The fraction of sp³-hybridized carbons (Fsp3) is 0.684. The average molecular weight is 370 g/mol. The standard InChI is InChI=1S/C19H32N2O3S/c1-8-24-19(23)17-14(6)15(7)25-18(17)20-16(22)11-21(9-12(2)3)10-13(4)5/h12-13H,8-11H2,1-7H3,(H,20,22)/p+1. The summed E-state index contributed by atoms with van der Waals surface area (Å²) in [5.41, 5.74) is 1.37. The van der Waals surface area contributed by atoms with E-state index < -0.39 is 0 Å². The summed E-state index contributed by atoms with van der Waals surface area (Å²) in [7, 11) is 0. The Hall–Kier alpha value is -1.40. The van der Waals surface area contributed by atoms with Crippen LogP contribution in [-0.4, -0.2) is 38.1 Å². The van der Waals surface area contributed by atoms with Gasteiger partial charge in [-0.3, -0.25) is 4.79 Å². The third-order valence-electron chi connectivity index (χ3n) is 3.92. The van der Waals surface area contributed by atoms with Crippen LogP contribution >= 0.6 is 11.3 Å². The second-order valence-corrected chi connectivity index (χ2v) is 8.60. The molecule has 0 saturated heterocycles. The first-order valence-electron chi connectivity index (χ1n) is 9.06. The maximum Gasteiger partial charge on any atom is 0.341 e. The first kappa shape index (κ1) is 21.6.